The van der Waals surface area contributed by atoms with Crippen molar-refractivity contribution in [1.29, 1.82) is 0 Å². The standard InChI is InChI=1S/C46H74NO10P/c1-3-5-7-9-11-13-15-17-19-20-21-22-24-25-27-29-31-33-35-37-44(48)54-39-42(40-55-58(52,53)56-41-43(47)46(50)51)57-45(49)38-36-34-32-30-28-26-23-18-16-14-12-10-8-6-4-2/h5,7,11-14,17-19,21-23,25,27,31,33,42-43H,3-4,6,8-10,15-16,20,24,26,28-30,32,34-41,47H2,1-2H3,(H,50,51)(H,52,53)/b7-5+,13-11+,14-12+,19-17+,22-21+,23-18+,27-25+,33-31+/t42-,43+/m1/s1. The third-order valence-electron chi connectivity index (χ3n) is 8.33. The third kappa shape index (κ3) is 39.2. The predicted molar refractivity (Wildman–Crippen MR) is 235 cm³/mol. The van der Waals surface area contributed by atoms with Crippen molar-refractivity contribution in [3.63, 3.8) is 0 Å². The Morgan fingerprint density at radius 2 is 1.00 bits per heavy atom. The summed E-state index contributed by atoms with van der Waals surface area (Å²) in [6.45, 7) is 2.55. The molecule has 12 heteroatoms. The highest BCUT2D eigenvalue weighted by molar-refractivity contribution is 7.47. The van der Waals surface area contributed by atoms with Crippen LogP contribution in [0.1, 0.15) is 142 Å². The van der Waals surface area contributed by atoms with E-state index in [0.29, 0.717) is 12.8 Å². The molecule has 11 nitrogen and oxygen atoms in total. The van der Waals surface area contributed by atoms with E-state index in [2.05, 4.69) is 103 Å². The number of carbonyl (C=O) groups excluding carboxylic acids is 2. The molecule has 0 aromatic carbocycles. The molecule has 0 rings (SSSR count). The molecule has 0 aliphatic carbocycles. The van der Waals surface area contributed by atoms with Gasteiger partial charge in [-0.25, -0.2) is 4.57 Å². The van der Waals surface area contributed by atoms with Crippen LogP contribution in [0.3, 0.4) is 0 Å². The fraction of sp³-hybridized carbons (Fsp3) is 0.587. The van der Waals surface area contributed by atoms with Crippen molar-refractivity contribution in [2.24, 2.45) is 5.73 Å². The molecule has 0 heterocycles. The highest BCUT2D eigenvalue weighted by Gasteiger charge is 2.28. The SMILES string of the molecule is CC/C=C/C/C=C/C/C=C/C/C=C/C/C=C/C/C=C/CCC(=O)OC[C@H](COP(=O)(O)OC[C@H](N)C(=O)O)OC(=O)CCCCCCC/C=C/C/C=C/CCCCC. The summed E-state index contributed by atoms with van der Waals surface area (Å²) >= 11 is 0. The van der Waals surface area contributed by atoms with E-state index in [1.54, 1.807) is 0 Å². The Hall–Kier alpha value is -3.60. The first-order valence-corrected chi connectivity index (χ1v) is 22.8. The number of carboxylic acid groups (broad SMARTS) is 1. The number of nitrogens with two attached hydrogens (primary N) is 1. The maximum absolute atomic E-state index is 12.6. The Morgan fingerprint density at radius 3 is 1.52 bits per heavy atom. The van der Waals surface area contributed by atoms with Gasteiger partial charge in [0.05, 0.1) is 13.2 Å². The summed E-state index contributed by atoms with van der Waals surface area (Å²) in [7, 11) is -4.74. The quantitative estimate of drug-likeness (QED) is 0.0234. The van der Waals surface area contributed by atoms with Gasteiger partial charge in [-0.1, -0.05) is 143 Å². The number of esters is 2. The Kier molecular flexibility index (Phi) is 37.7. The Labute approximate surface area is 349 Å². The number of phosphoric ester groups is 1. The van der Waals surface area contributed by atoms with Crippen LogP contribution >= 0.6 is 7.82 Å². The van der Waals surface area contributed by atoms with E-state index in [0.717, 1.165) is 83.5 Å². The van der Waals surface area contributed by atoms with Gasteiger partial charge in [0.15, 0.2) is 6.10 Å². The number of allylic oxidation sites excluding steroid dienone is 16. The number of hydrogen-bond donors (Lipinski definition) is 3. The number of aliphatic carboxylic acids is 1. The average molecular weight is 832 g/mol. The van der Waals surface area contributed by atoms with Crippen LogP contribution in [0.15, 0.2) is 97.2 Å². The minimum atomic E-state index is -4.74. The number of ether oxygens (including phenoxy) is 2. The second kappa shape index (κ2) is 40.2. The molecular weight excluding hydrogens is 757 g/mol. The highest BCUT2D eigenvalue weighted by atomic mass is 31.2. The van der Waals surface area contributed by atoms with Gasteiger partial charge in [0.1, 0.15) is 12.6 Å². The van der Waals surface area contributed by atoms with Crippen LogP contribution in [0.25, 0.3) is 0 Å². The second-order valence-corrected chi connectivity index (χ2v) is 15.2. The molecule has 0 aromatic rings. The zero-order chi connectivity index (χ0) is 42.8. The maximum atomic E-state index is 12.6. The Morgan fingerprint density at radius 1 is 0.552 bits per heavy atom. The van der Waals surface area contributed by atoms with Gasteiger partial charge in [0.2, 0.25) is 0 Å². The third-order valence-corrected chi connectivity index (χ3v) is 9.28. The molecule has 0 saturated carbocycles. The monoisotopic (exact) mass is 832 g/mol. The molecule has 0 bridgehead atoms. The molecule has 0 amide bonds. The van der Waals surface area contributed by atoms with Crippen LogP contribution in [0.4, 0.5) is 0 Å². The Bertz CT molecular complexity index is 1350. The number of carboxylic acids is 1. The molecule has 0 fully saturated rings. The zero-order valence-corrected chi connectivity index (χ0v) is 36.2. The van der Waals surface area contributed by atoms with Gasteiger partial charge in [0.25, 0.3) is 0 Å². The summed E-state index contributed by atoms with van der Waals surface area (Å²) in [6.07, 6.45) is 50.6. The summed E-state index contributed by atoms with van der Waals surface area (Å²) in [4.78, 5) is 45.9. The van der Waals surface area contributed by atoms with Crippen molar-refractivity contribution in [2.75, 3.05) is 19.8 Å². The van der Waals surface area contributed by atoms with Gasteiger partial charge in [-0.15, -0.1) is 0 Å². The molecule has 3 atom stereocenters. The zero-order valence-electron chi connectivity index (χ0n) is 35.3. The fourth-order valence-electron chi connectivity index (χ4n) is 5.00. The lowest BCUT2D eigenvalue weighted by Crippen LogP contribution is -2.34. The van der Waals surface area contributed by atoms with Crippen molar-refractivity contribution in [3.05, 3.63) is 97.2 Å². The molecule has 4 N–H and O–H groups in total. The Balaban J connectivity index is 4.54. The highest BCUT2D eigenvalue weighted by Crippen LogP contribution is 2.43. The van der Waals surface area contributed by atoms with E-state index in [9.17, 15) is 23.8 Å². The summed E-state index contributed by atoms with van der Waals surface area (Å²) in [5.74, 6) is -2.52. The molecule has 0 aliphatic rings. The van der Waals surface area contributed by atoms with Crippen LogP contribution < -0.4 is 5.73 Å². The number of phosphoric acid groups is 1. The van der Waals surface area contributed by atoms with Gasteiger partial charge in [0, 0.05) is 12.8 Å². The normalized spacial score (nSPS) is 14.7. The van der Waals surface area contributed by atoms with Crippen molar-refractivity contribution in [1.82, 2.24) is 0 Å². The van der Waals surface area contributed by atoms with E-state index in [1.807, 2.05) is 12.2 Å². The van der Waals surface area contributed by atoms with E-state index in [4.69, 9.17) is 24.8 Å². The molecule has 1 unspecified atom stereocenters. The molecule has 58 heavy (non-hydrogen) atoms. The fourth-order valence-corrected chi connectivity index (χ4v) is 5.78. The van der Waals surface area contributed by atoms with Crippen LogP contribution in [0.2, 0.25) is 0 Å². The van der Waals surface area contributed by atoms with Crippen LogP contribution in [-0.4, -0.2) is 59.9 Å². The van der Waals surface area contributed by atoms with Crippen molar-refractivity contribution in [3.8, 4) is 0 Å². The van der Waals surface area contributed by atoms with Gasteiger partial charge in [-0.2, -0.15) is 0 Å². The second-order valence-electron chi connectivity index (χ2n) is 13.7. The smallest absolute Gasteiger partial charge is 0.472 e. The number of carbonyl (C=O) groups is 3. The predicted octanol–water partition coefficient (Wildman–Crippen LogP) is 11.3. The first kappa shape index (κ1) is 54.4. The minimum Gasteiger partial charge on any atom is -0.480 e. The number of rotatable bonds is 38. The first-order chi connectivity index (χ1) is 28.1. The average Bonchev–Trinajstić information content (AvgIpc) is 3.20. The van der Waals surface area contributed by atoms with Gasteiger partial charge < -0.3 is 25.2 Å². The molecule has 328 valence electrons. The summed E-state index contributed by atoms with van der Waals surface area (Å²) in [5.41, 5.74) is 5.32. The van der Waals surface area contributed by atoms with Crippen LogP contribution in [0.5, 0.6) is 0 Å². The van der Waals surface area contributed by atoms with Crippen LogP contribution in [-0.2, 0) is 37.5 Å². The lowest BCUT2D eigenvalue weighted by Gasteiger charge is -2.20. The van der Waals surface area contributed by atoms with E-state index in [-0.39, 0.29) is 12.8 Å². The summed E-state index contributed by atoms with van der Waals surface area (Å²) in [5, 5.41) is 8.88. The minimum absolute atomic E-state index is 0.0876. The van der Waals surface area contributed by atoms with Crippen molar-refractivity contribution >= 4 is 25.7 Å². The molecule has 0 aromatic heterocycles. The molecule has 0 radical (unpaired) electrons. The lowest BCUT2D eigenvalue weighted by molar-refractivity contribution is -0.161. The van der Waals surface area contributed by atoms with E-state index in [1.165, 1.54) is 19.3 Å². The summed E-state index contributed by atoms with van der Waals surface area (Å²) < 4.78 is 32.6. The van der Waals surface area contributed by atoms with Crippen molar-refractivity contribution in [2.45, 2.75) is 154 Å². The van der Waals surface area contributed by atoms with Gasteiger partial charge in [-0.05, 0) is 83.5 Å². The topological polar surface area (TPSA) is 172 Å². The van der Waals surface area contributed by atoms with Crippen LogP contribution in [0, 0.1) is 0 Å². The maximum Gasteiger partial charge on any atom is 0.472 e. The van der Waals surface area contributed by atoms with Gasteiger partial charge in [-0.3, -0.25) is 23.4 Å². The summed E-state index contributed by atoms with van der Waals surface area (Å²) in [6, 6.07) is -1.54. The molecule has 0 aliphatic heterocycles. The number of hydrogen-bond acceptors (Lipinski definition) is 9. The van der Waals surface area contributed by atoms with E-state index >= 15 is 0 Å². The first-order valence-electron chi connectivity index (χ1n) is 21.3. The molecule has 0 spiro atoms. The number of unbranched alkanes of at least 4 members (excludes halogenated alkanes) is 8. The molecular formula is C46H74NO10P. The van der Waals surface area contributed by atoms with E-state index < -0.39 is 57.7 Å². The van der Waals surface area contributed by atoms with Gasteiger partial charge >= 0.3 is 25.7 Å². The van der Waals surface area contributed by atoms with Crippen molar-refractivity contribution < 1.29 is 47.5 Å². The molecule has 0 saturated heterocycles. The largest absolute Gasteiger partial charge is 0.480 e. The lowest BCUT2D eigenvalue weighted by atomic mass is 10.1.